The molecule has 30 heavy (non-hydrogen) atoms. The van der Waals surface area contributed by atoms with Crippen LogP contribution in [0.25, 0.3) is 17.2 Å². The Hall–Kier alpha value is -3.30. The van der Waals surface area contributed by atoms with Crippen LogP contribution in [-0.4, -0.2) is 23.4 Å². The van der Waals surface area contributed by atoms with Gasteiger partial charge in [0.2, 0.25) is 5.91 Å². The average Bonchev–Trinajstić information content (AvgIpc) is 3.32. The smallest absolute Gasteiger partial charge is 0.341 e. The van der Waals surface area contributed by atoms with E-state index >= 15 is 0 Å². The third-order valence-electron chi connectivity index (χ3n) is 4.05. The van der Waals surface area contributed by atoms with Gasteiger partial charge in [-0.25, -0.2) is 4.79 Å². The number of anilines is 1. The molecule has 0 fully saturated rings. The predicted octanol–water partition coefficient (Wildman–Crippen LogP) is 5.52. The summed E-state index contributed by atoms with van der Waals surface area (Å²) in [5.74, 6) is -0.952. The van der Waals surface area contributed by atoms with Crippen molar-refractivity contribution < 1.29 is 19.2 Å². The minimum atomic E-state index is -0.506. The number of thiophene rings is 2. The Morgan fingerprint density at radius 1 is 1.17 bits per heavy atom. The topological polar surface area (TPSA) is 98.5 Å². The van der Waals surface area contributed by atoms with Gasteiger partial charge >= 0.3 is 11.0 Å². The zero-order valence-electron chi connectivity index (χ0n) is 16.2. The molecule has 0 saturated heterocycles. The number of ether oxygens (including phenoxy) is 1. The maximum atomic E-state index is 12.7. The lowest BCUT2D eigenvalue weighted by Crippen LogP contribution is -2.12. The molecule has 3 rings (SSSR count). The molecule has 1 N–H and O–H groups in total. The first-order valence-corrected chi connectivity index (χ1v) is 10.6. The monoisotopic (exact) mass is 442 g/mol. The number of carbonyl (C=O) groups excluding carboxylic acids is 2. The van der Waals surface area contributed by atoms with Crippen molar-refractivity contribution in [3.63, 3.8) is 0 Å². The number of hydrogen-bond acceptors (Lipinski definition) is 7. The Kier molecular flexibility index (Phi) is 6.76. The molecule has 154 valence electrons. The van der Waals surface area contributed by atoms with Gasteiger partial charge in [0.15, 0.2) is 0 Å². The van der Waals surface area contributed by atoms with E-state index in [1.807, 2.05) is 37.3 Å². The van der Waals surface area contributed by atoms with Crippen molar-refractivity contribution in [1.82, 2.24) is 0 Å². The van der Waals surface area contributed by atoms with Crippen LogP contribution in [0.1, 0.15) is 27.0 Å². The second-order valence-electron chi connectivity index (χ2n) is 6.08. The molecule has 3 aromatic rings. The lowest BCUT2D eigenvalue weighted by Gasteiger charge is -2.08. The molecule has 2 aromatic heterocycles. The van der Waals surface area contributed by atoms with Gasteiger partial charge in [-0.2, -0.15) is 0 Å². The SMILES string of the molecule is CCOC(=O)c1c(NC(=O)/C=C/c2ccc([N+](=O)[O-])s2)sc(C)c1-c1ccccc1. The zero-order chi connectivity index (χ0) is 21.7. The van der Waals surface area contributed by atoms with Crippen molar-refractivity contribution in [2.24, 2.45) is 0 Å². The van der Waals surface area contributed by atoms with Crippen molar-refractivity contribution >= 4 is 50.6 Å². The Bertz CT molecular complexity index is 1120. The number of nitro groups is 1. The fraction of sp³-hybridized carbons (Fsp3) is 0.143. The van der Waals surface area contributed by atoms with Crippen molar-refractivity contribution in [2.75, 3.05) is 11.9 Å². The zero-order valence-corrected chi connectivity index (χ0v) is 17.8. The fourth-order valence-corrected chi connectivity index (χ4v) is 4.62. The minimum absolute atomic E-state index is 0.000963. The number of carbonyl (C=O) groups is 2. The molecular weight excluding hydrogens is 424 g/mol. The van der Waals surface area contributed by atoms with E-state index in [0.29, 0.717) is 15.4 Å². The van der Waals surface area contributed by atoms with E-state index in [9.17, 15) is 19.7 Å². The highest BCUT2D eigenvalue weighted by Gasteiger charge is 2.25. The quantitative estimate of drug-likeness (QED) is 0.225. The summed E-state index contributed by atoms with van der Waals surface area (Å²) in [6.45, 7) is 3.82. The molecule has 0 spiro atoms. The first-order valence-electron chi connectivity index (χ1n) is 9.00. The normalized spacial score (nSPS) is 10.9. The van der Waals surface area contributed by atoms with Gasteiger partial charge in [-0.05, 0) is 31.6 Å². The summed E-state index contributed by atoms with van der Waals surface area (Å²) in [5, 5.41) is 13.9. The molecule has 0 aliphatic heterocycles. The van der Waals surface area contributed by atoms with E-state index in [-0.39, 0.29) is 11.6 Å². The van der Waals surface area contributed by atoms with Crippen molar-refractivity contribution in [3.8, 4) is 11.1 Å². The van der Waals surface area contributed by atoms with Gasteiger partial charge in [-0.1, -0.05) is 41.7 Å². The van der Waals surface area contributed by atoms with Crippen LogP contribution in [0.2, 0.25) is 0 Å². The highest BCUT2D eigenvalue weighted by Crippen LogP contribution is 2.40. The maximum Gasteiger partial charge on any atom is 0.341 e. The molecule has 0 atom stereocenters. The summed E-state index contributed by atoms with van der Waals surface area (Å²) in [5.41, 5.74) is 1.91. The fourth-order valence-electron chi connectivity index (χ4n) is 2.82. The Balaban J connectivity index is 1.89. The standard InChI is InChI=1S/C21H18N2O5S2/c1-3-28-21(25)19-18(14-7-5-4-6-8-14)13(2)29-20(19)22-16(24)11-9-15-10-12-17(30-15)23(26)27/h4-12H,3H2,1-2H3,(H,22,24)/b11-9+. The second-order valence-corrected chi connectivity index (χ2v) is 8.40. The van der Waals surface area contributed by atoms with E-state index in [4.69, 9.17) is 4.74 Å². The lowest BCUT2D eigenvalue weighted by atomic mass is 10.0. The van der Waals surface area contributed by atoms with E-state index < -0.39 is 16.8 Å². The predicted molar refractivity (Wildman–Crippen MR) is 119 cm³/mol. The van der Waals surface area contributed by atoms with Crippen LogP contribution in [0.3, 0.4) is 0 Å². The van der Waals surface area contributed by atoms with Gasteiger partial charge < -0.3 is 10.1 Å². The molecule has 1 aromatic carbocycles. The minimum Gasteiger partial charge on any atom is -0.462 e. The van der Waals surface area contributed by atoms with Gasteiger partial charge in [0.25, 0.3) is 0 Å². The number of hydrogen-bond donors (Lipinski definition) is 1. The third-order valence-corrected chi connectivity index (χ3v) is 6.08. The Morgan fingerprint density at radius 2 is 1.90 bits per heavy atom. The van der Waals surface area contributed by atoms with Crippen LogP contribution >= 0.6 is 22.7 Å². The van der Waals surface area contributed by atoms with E-state index in [0.717, 1.165) is 27.3 Å². The number of amides is 1. The van der Waals surface area contributed by atoms with Crippen LogP contribution in [0.5, 0.6) is 0 Å². The average molecular weight is 443 g/mol. The second kappa shape index (κ2) is 9.47. The number of benzene rings is 1. The van der Waals surface area contributed by atoms with E-state index in [2.05, 4.69) is 5.32 Å². The summed E-state index contributed by atoms with van der Waals surface area (Å²) < 4.78 is 5.22. The number of aryl methyl sites for hydroxylation is 1. The number of nitrogens with zero attached hydrogens (tertiary/aromatic N) is 1. The van der Waals surface area contributed by atoms with E-state index in [1.165, 1.54) is 29.6 Å². The highest BCUT2D eigenvalue weighted by molar-refractivity contribution is 7.17. The largest absolute Gasteiger partial charge is 0.462 e. The summed E-state index contributed by atoms with van der Waals surface area (Å²) >= 11 is 2.27. The first-order chi connectivity index (χ1) is 14.4. The summed E-state index contributed by atoms with van der Waals surface area (Å²) in [7, 11) is 0. The van der Waals surface area contributed by atoms with Crippen LogP contribution in [0.15, 0.2) is 48.5 Å². The molecule has 0 radical (unpaired) electrons. The van der Waals surface area contributed by atoms with Crippen LogP contribution in [0.4, 0.5) is 10.0 Å². The summed E-state index contributed by atoms with van der Waals surface area (Å²) in [6, 6.07) is 12.4. The van der Waals surface area contributed by atoms with Crippen LogP contribution in [-0.2, 0) is 9.53 Å². The summed E-state index contributed by atoms with van der Waals surface area (Å²) in [4.78, 5) is 36.8. The first kappa shape index (κ1) is 21.4. The third kappa shape index (κ3) is 4.81. The van der Waals surface area contributed by atoms with Gasteiger partial charge in [-0.15, -0.1) is 11.3 Å². The molecule has 0 unspecified atom stereocenters. The maximum absolute atomic E-state index is 12.7. The van der Waals surface area contributed by atoms with Crippen LogP contribution in [0, 0.1) is 17.0 Å². The molecule has 0 saturated carbocycles. The molecule has 0 aliphatic rings. The number of esters is 1. The van der Waals surface area contributed by atoms with Crippen molar-refractivity contribution in [3.05, 3.63) is 74.0 Å². The number of rotatable bonds is 7. The molecule has 2 heterocycles. The molecular formula is C21H18N2O5S2. The van der Waals surface area contributed by atoms with Crippen molar-refractivity contribution in [2.45, 2.75) is 13.8 Å². The van der Waals surface area contributed by atoms with Crippen molar-refractivity contribution in [1.29, 1.82) is 0 Å². The number of nitrogens with one attached hydrogen (secondary N) is 1. The lowest BCUT2D eigenvalue weighted by molar-refractivity contribution is -0.380. The summed E-state index contributed by atoms with van der Waals surface area (Å²) in [6.07, 6.45) is 2.78. The Labute approximate surface area is 180 Å². The molecule has 0 bridgehead atoms. The molecule has 9 heteroatoms. The molecule has 1 amide bonds. The Morgan fingerprint density at radius 3 is 2.53 bits per heavy atom. The van der Waals surface area contributed by atoms with Gasteiger partial charge in [-0.3, -0.25) is 14.9 Å². The van der Waals surface area contributed by atoms with E-state index in [1.54, 1.807) is 13.0 Å². The van der Waals surface area contributed by atoms with Gasteiger partial charge in [0, 0.05) is 27.5 Å². The molecule has 0 aliphatic carbocycles. The molecule has 7 nitrogen and oxygen atoms in total. The highest BCUT2D eigenvalue weighted by atomic mass is 32.1. The van der Waals surface area contributed by atoms with Gasteiger partial charge in [0.1, 0.15) is 10.6 Å². The van der Waals surface area contributed by atoms with Crippen LogP contribution < -0.4 is 5.32 Å². The van der Waals surface area contributed by atoms with Gasteiger partial charge in [0.05, 0.1) is 11.5 Å².